The highest BCUT2D eigenvalue weighted by molar-refractivity contribution is 5.94. The van der Waals surface area contributed by atoms with Gasteiger partial charge in [-0.05, 0) is 31.7 Å². The Morgan fingerprint density at radius 2 is 2.15 bits per heavy atom. The molecule has 1 amide bonds. The van der Waals surface area contributed by atoms with Crippen molar-refractivity contribution >= 4 is 11.6 Å². The lowest BCUT2D eigenvalue weighted by atomic mass is 10.1. The quantitative estimate of drug-likeness (QED) is 0.918. The lowest BCUT2D eigenvalue weighted by Gasteiger charge is -2.29. The third-order valence-corrected chi connectivity index (χ3v) is 4.21. The molecule has 1 aromatic heterocycles. The van der Waals surface area contributed by atoms with E-state index in [4.69, 9.17) is 5.73 Å². The third kappa shape index (κ3) is 3.17. The van der Waals surface area contributed by atoms with Crippen LogP contribution in [0.15, 0.2) is 12.3 Å². The summed E-state index contributed by atoms with van der Waals surface area (Å²) in [6.45, 7) is 6.03. The summed E-state index contributed by atoms with van der Waals surface area (Å²) in [6.07, 6.45) is 8.65. The van der Waals surface area contributed by atoms with Crippen LogP contribution >= 0.6 is 0 Å². The van der Waals surface area contributed by atoms with E-state index in [1.165, 1.54) is 12.8 Å². The van der Waals surface area contributed by atoms with Crippen molar-refractivity contribution in [3.63, 3.8) is 0 Å². The van der Waals surface area contributed by atoms with Crippen LogP contribution in [0, 0.1) is 0 Å². The second-order valence-corrected chi connectivity index (χ2v) is 5.76. The zero-order valence-corrected chi connectivity index (χ0v) is 12.8. The molecule has 2 rings (SSSR count). The molecule has 112 valence electrons. The molecule has 1 saturated heterocycles. The first kappa shape index (κ1) is 14.9. The molecular weight excluding hydrogens is 250 g/mol. The first-order valence-electron chi connectivity index (χ1n) is 7.94. The Hall–Kier alpha value is -1.45. The summed E-state index contributed by atoms with van der Waals surface area (Å²) in [5.74, 6) is 0.156. The van der Waals surface area contributed by atoms with Crippen LogP contribution in [0.3, 0.4) is 0 Å². The third-order valence-electron chi connectivity index (χ3n) is 4.21. The number of rotatable bonds is 4. The van der Waals surface area contributed by atoms with Gasteiger partial charge in [-0.3, -0.25) is 4.79 Å². The lowest BCUT2D eigenvalue weighted by molar-refractivity contribution is 0.0667. The van der Waals surface area contributed by atoms with Crippen molar-refractivity contribution < 1.29 is 4.79 Å². The molecule has 1 aliphatic rings. The SMILES string of the molecule is CCCn1cc(N)cc1C(=O)N1CCCCCC1CC. The van der Waals surface area contributed by atoms with Gasteiger partial charge >= 0.3 is 0 Å². The summed E-state index contributed by atoms with van der Waals surface area (Å²) in [5, 5.41) is 0. The second kappa shape index (κ2) is 6.82. The fourth-order valence-corrected chi connectivity index (χ4v) is 3.15. The molecule has 0 bridgehead atoms. The number of aryl methyl sites for hydroxylation is 1. The van der Waals surface area contributed by atoms with Crippen LogP contribution in [0.25, 0.3) is 0 Å². The van der Waals surface area contributed by atoms with Crippen molar-refractivity contribution in [3.8, 4) is 0 Å². The summed E-state index contributed by atoms with van der Waals surface area (Å²) in [4.78, 5) is 15.0. The molecule has 2 heterocycles. The van der Waals surface area contributed by atoms with Gasteiger partial charge in [0.05, 0.1) is 5.69 Å². The Morgan fingerprint density at radius 3 is 2.85 bits per heavy atom. The number of nitrogens with zero attached hydrogens (tertiary/aromatic N) is 2. The fraction of sp³-hybridized carbons (Fsp3) is 0.688. The van der Waals surface area contributed by atoms with Crippen molar-refractivity contribution in [1.29, 1.82) is 0 Å². The number of nitrogen functional groups attached to an aromatic ring is 1. The van der Waals surface area contributed by atoms with Crippen molar-refractivity contribution in [2.24, 2.45) is 0 Å². The number of likely N-dealkylation sites (tertiary alicyclic amines) is 1. The maximum absolute atomic E-state index is 12.9. The Kier molecular flexibility index (Phi) is 5.10. The van der Waals surface area contributed by atoms with E-state index in [1.807, 2.05) is 16.8 Å². The van der Waals surface area contributed by atoms with Crippen molar-refractivity contribution in [2.75, 3.05) is 12.3 Å². The Balaban J connectivity index is 2.24. The number of hydrogen-bond acceptors (Lipinski definition) is 2. The maximum Gasteiger partial charge on any atom is 0.270 e. The van der Waals surface area contributed by atoms with Gasteiger partial charge in [0.15, 0.2) is 0 Å². The summed E-state index contributed by atoms with van der Waals surface area (Å²) < 4.78 is 2.01. The molecule has 4 heteroatoms. The van der Waals surface area contributed by atoms with Crippen LogP contribution in [0.5, 0.6) is 0 Å². The van der Waals surface area contributed by atoms with Crippen LogP contribution in [0.2, 0.25) is 0 Å². The number of anilines is 1. The van der Waals surface area contributed by atoms with Gasteiger partial charge < -0.3 is 15.2 Å². The van der Waals surface area contributed by atoms with E-state index in [1.54, 1.807) is 0 Å². The first-order valence-corrected chi connectivity index (χ1v) is 7.94. The molecule has 1 aromatic rings. The van der Waals surface area contributed by atoms with Crippen molar-refractivity contribution in [3.05, 3.63) is 18.0 Å². The molecule has 1 fully saturated rings. The fourth-order valence-electron chi connectivity index (χ4n) is 3.15. The van der Waals surface area contributed by atoms with Gasteiger partial charge in [-0.2, -0.15) is 0 Å². The number of hydrogen-bond donors (Lipinski definition) is 1. The van der Waals surface area contributed by atoms with E-state index in [0.29, 0.717) is 11.7 Å². The number of aromatic nitrogens is 1. The zero-order chi connectivity index (χ0) is 14.5. The highest BCUT2D eigenvalue weighted by atomic mass is 16.2. The van der Waals surface area contributed by atoms with Gasteiger partial charge in [-0.25, -0.2) is 0 Å². The molecule has 20 heavy (non-hydrogen) atoms. The Morgan fingerprint density at radius 1 is 1.35 bits per heavy atom. The van der Waals surface area contributed by atoms with Crippen molar-refractivity contribution in [2.45, 2.75) is 65.0 Å². The van der Waals surface area contributed by atoms with Gasteiger partial charge in [-0.15, -0.1) is 0 Å². The smallest absolute Gasteiger partial charge is 0.270 e. The van der Waals surface area contributed by atoms with Gasteiger partial charge in [0.25, 0.3) is 5.91 Å². The van der Waals surface area contributed by atoms with E-state index in [9.17, 15) is 4.79 Å². The molecule has 0 spiro atoms. The number of nitrogens with two attached hydrogens (primary N) is 1. The summed E-state index contributed by atoms with van der Waals surface area (Å²) >= 11 is 0. The predicted octanol–water partition coefficient (Wildman–Crippen LogP) is 3.28. The average molecular weight is 277 g/mol. The molecule has 0 saturated carbocycles. The monoisotopic (exact) mass is 277 g/mol. The summed E-state index contributed by atoms with van der Waals surface area (Å²) in [6, 6.07) is 2.21. The van der Waals surface area contributed by atoms with Crippen molar-refractivity contribution in [1.82, 2.24) is 9.47 Å². The largest absolute Gasteiger partial charge is 0.397 e. The average Bonchev–Trinajstić information content (AvgIpc) is 2.66. The Labute approximate surface area is 121 Å². The first-order chi connectivity index (χ1) is 9.67. The molecule has 0 aliphatic carbocycles. The molecule has 0 aromatic carbocycles. The van der Waals surface area contributed by atoms with Crippen LogP contribution in [-0.4, -0.2) is 28.0 Å². The van der Waals surface area contributed by atoms with Gasteiger partial charge in [0.2, 0.25) is 0 Å². The molecule has 1 unspecified atom stereocenters. The molecule has 0 radical (unpaired) electrons. The van der Waals surface area contributed by atoms with Gasteiger partial charge in [0, 0.05) is 25.3 Å². The van der Waals surface area contributed by atoms with Crippen LogP contribution in [-0.2, 0) is 6.54 Å². The number of carbonyl (C=O) groups excluding carboxylic acids is 1. The zero-order valence-electron chi connectivity index (χ0n) is 12.8. The molecule has 4 nitrogen and oxygen atoms in total. The predicted molar refractivity (Wildman–Crippen MR) is 82.7 cm³/mol. The normalized spacial score (nSPS) is 19.9. The Bertz CT molecular complexity index is 453. The second-order valence-electron chi connectivity index (χ2n) is 5.76. The van der Waals surface area contributed by atoms with E-state index in [-0.39, 0.29) is 5.91 Å². The van der Waals surface area contributed by atoms with Crippen LogP contribution < -0.4 is 5.73 Å². The molecule has 1 atom stereocenters. The van der Waals surface area contributed by atoms with Gasteiger partial charge in [-0.1, -0.05) is 26.7 Å². The summed E-state index contributed by atoms with van der Waals surface area (Å²) in [7, 11) is 0. The molecular formula is C16H27N3O. The van der Waals surface area contributed by atoms with Gasteiger partial charge in [0.1, 0.15) is 5.69 Å². The maximum atomic E-state index is 12.9. The topological polar surface area (TPSA) is 51.3 Å². The minimum Gasteiger partial charge on any atom is -0.397 e. The highest BCUT2D eigenvalue weighted by Crippen LogP contribution is 2.23. The minimum atomic E-state index is 0.156. The number of carbonyl (C=O) groups is 1. The summed E-state index contributed by atoms with van der Waals surface area (Å²) in [5.41, 5.74) is 7.32. The van der Waals surface area contributed by atoms with E-state index in [0.717, 1.165) is 44.5 Å². The van der Waals surface area contributed by atoms with E-state index in [2.05, 4.69) is 18.7 Å². The highest BCUT2D eigenvalue weighted by Gasteiger charge is 2.26. The number of amides is 1. The molecule has 2 N–H and O–H groups in total. The van der Waals surface area contributed by atoms with Crippen LogP contribution in [0.4, 0.5) is 5.69 Å². The van der Waals surface area contributed by atoms with E-state index < -0.39 is 0 Å². The van der Waals surface area contributed by atoms with E-state index >= 15 is 0 Å². The minimum absolute atomic E-state index is 0.156. The molecule has 1 aliphatic heterocycles. The lowest BCUT2D eigenvalue weighted by Crippen LogP contribution is -2.40. The standard InChI is InChI=1S/C16H27N3O/c1-3-9-18-12-13(17)11-15(18)16(20)19-10-7-5-6-8-14(19)4-2/h11-12,14H,3-10,17H2,1-2H3. The van der Waals surface area contributed by atoms with Crippen LogP contribution in [0.1, 0.15) is 62.9 Å².